The van der Waals surface area contributed by atoms with Gasteiger partial charge in [0.25, 0.3) is 5.91 Å². The van der Waals surface area contributed by atoms with Gasteiger partial charge < -0.3 is 20.5 Å². The maximum atomic E-state index is 11.7. The normalized spacial score (nSPS) is 10.9. The van der Waals surface area contributed by atoms with E-state index in [0.29, 0.717) is 5.56 Å². The molecule has 1 heterocycles. The highest BCUT2D eigenvalue weighted by Crippen LogP contribution is 2.12. The van der Waals surface area contributed by atoms with Gasteiger partial charge in [0.1, 0.15) is 5.76 Å². The summed E-state index contributed by atoms with van der Waals surface area (Å²) in [6.07, 6.45) is 1.63. The van der Waals surface area contributed by atoms with Gasteiger partial charge in [-0.3, -0.25) is 9.79 Å². The number of hydrogen-bond donors (Lipinski definition) is 3. The molecule has 0 aliphatic carbocycles. The zero-order chi connectivity index (χ0) is 18.9. The molecule has 1 aromatic heterocycles. The molecule has 7 nitrogen and oxygen atoms in total. The lowest BCUT2D eigenvalue weighted by Gasteiger charge is -2.12. The molecule has 0 aliphatic rings. The van der Waals surface area contributed by atoms with Gasteiger partial charge in [0.2, 0.25) is 0 Å². The molecular formula is C19H28IN5O2. The third kappa shape index (κ3) is 6.85. The minimum absolute atomic E-state index is 0. The lowest BCUT2D eigenvalue weighted by Crippen LogP contribution is -2.39. The summed E-state index contributed by atoms with van der Waals surface area (Å²) in [4.78, 5) is 15.9. The topological polar surface area (TPSA) is 91.5 Å². The third-order valence-electron chi connectivity index (χ3n) is 4.19. The molecule has 2 aromatic rings. The lowest BCUT2D eigenvalue weighted by molar-refractivity contribution is 0.0963. The zero-order valence-corrected chi connectivity index (χ0v) is 18.6. The monoisotopic (exact) mass is 485 g/mol. The van der Waals surface area contributed by atoms with Gasteiger partial charge >= 0.3 is 0 Å². The standard InChI is InChI=1S/C19H27N5O2.HI/c1-13-17(14(2)26-24-13)9-11-23-19(21-4)22-10-8-15-6-5-7-16(12-15)18(25)20-3;/h5-7,12H,8-11H2,1-4H3,(H,20,25)(H2,21,22,23);1H. The van der Waals surface area contributed by atoms with Crippen LogP contribution < -0.4 is 16.0 Å². The second kappa shape index (κ2) is 11.6. The average molecular weight is 485 g/mol. The molecule has 0 saturated carbocycles. The van der Waals surface area contributed by atoms with Gasteiger partial charge in [-0.05, 0) is 44.4 Å². The second-order valence-corrected chi connectivity index (χ2v) is 6.01. The predicted molar refractivity (Wildman–Crippen MR) is 118 cm³/mol. The highest BCUT2D eigenvalue weighted by molar-refractivity contribution is 14.0. The SMILES string of the molecule is CN=C(NCCc1cccc(C(=O)NC)c1)NCCc1c(C)noc1C.I. The first-order valence-electron chi connectivity index (χ1n) is 8.72. The fraction of sp³-hybridized carbons (Fsp3) is 0.421. The number of hydrogen-bond acceptors (Lipinski definition) is 4. The van der Waals surface area contributed by atoms with Crippen LogP contribution in [0.15, 0.2) is 33.8 Å². The molecule has 0 saturated heterocycles. The highest BCUT2D eigenvalue weighted by Gasteiger charge is 2.08. The molecule has 0 aliphatic heterocycles. The van der Waals surface area contributed by atoms with Gasteiger partial charge in [0.05, 0.1) is 5.69 Å². The van der Waals surface area contributed by atoms with Crippen molar-refractivity contribution in [3.8, 4) is 0 Å². The number of nitrogens with zero attached hydrogens (tertiary/aromatic N) is 2. The summed E-state index contributed by atoms with van der Waals surface area (Å²) in [7, 11) is 3.38. The fourth-order valence-electron chi connectivity index (χ4n) is 2.72. The van der Waals surface area contributed by atoms with E-state index in [9.17, 15) is 4.79 Å². The van der Waals surface area contributed by atoms with Crippen LogP contribution in [0.2, 0.25) is 0 Å². The second-order valence-electron chi connectivity index (χ2n) is 6.01. The number of aliphatic imine (C=N–C) groups is 1. The quantitative estimate of drug-likeness (QED) is 0.318. The van der Waals surface area contributed by atoms with E-state index in [0.717, 1.165) is 54.5 Å². The number of guanidine groups is 1. The number of carbonyl (C=O) groups excluding carboxylic acids is 1. The van der Waals surface area contributed by atoms with Crippen molar-refractivity contribution >= 4 is 35.8 Å². The number of halogens is 1. The molecule has 0 fully saturated rings. The van der Waals surface area contributed by atoms with E-state index in [-0.39, 0.29) is 29.9 Å². The number of rotatable bonds is 7. The van der Waals surface area contributed by atoms with E-state index in [1.165, 1.54) is 0 Å². The number of carbonyl (C=O) groups is 1. The van der Waals surface area contributed by atoms with E-state index in [4.69, 9.17) is 4.52 Å². The van der Waals surface area contributed by atoms with Crippen molar-refractivity contribution in [3.63, 3.8) is 0 Å². The summed E-state index contributed by atoms with van der Waals surface area (Å²) in [6, 6.07) is 7.64. The van der Waals surface area contributed by atoms with Crippen molar-refractivity contribution < 1.29 is 9.32 Å². The van der Waals surface area contributed by atoms with Crippen molar-refractivity contribution in [1.29, 1.82) is 0 Å². The number of aromatic nitrogens is 1. The van der Waals surface area contributed by atoms with E-state index in [1.54, 1.807) is 14.1 Å². The number of nitrogens with one attached hydrogen (secondary N) is 3. The van der Waals surface area contributed by atoms with Gasteiger partial charge in [0, 0.05) is 38.3 Å². The van der Waals surface area contributed by atoms with Gasteiger partial charge in [-0.25, -0.2) is 0 Å². The molecule has 2 rings (SSSR count). The Kier molecular flexibility index (Phi) is 9.84. The van der Waals surface area contributed by atoms with Gasteiger partial charge in [-0.2, -0.15) is 0 Å². The Morgan fingerprint density at radius 1 is 1.19 bits per heavy atom. The van der Waals surface area contributed by atoms with Gasteiger partial charge in [-0.15, -0.1) is 24.0 Å². The van der Waals surface area contributed by atoms with Crippen molar-refractivity contribution in [2.45, 2.75) is 26.7 Å². The van der Waals surface area contributed by atoms with Crippen LogP contribution in [0.4, 0.5) is 0 Å². The molecule has 0 bridgehead atoms. The molecule has 0 unspecified atom stereocenters. The Morgan fingerprint density at radius 2 is 1.89 bits per heavy atom. The molecule has 1 amide bonds. The van der Waals surface area contributed by atoms with E-state index < -0.39 is 0 Å². The number of aryl methyl sites for hydroxylation is 2. The Labute approximate surface area is 177 Å². The first kappa shape index (κ1) is 22.9. The van der Waals surface area contributed by atoms with Crippen LogP contribution in [-0.2, 0) is 12.8 Å². The summed E-state index contributed by atoms with van der Waals surface area (Å²) >= 11 is 0. The molecule has 27 heavy (non-hydrogen) atoms. The van der Waals surface area contributed by atoms with Crippen LogP contribution in [0.25, 0.3) is 0 Å². The predicted octanol–water partition coefficient (Wildman–Crippen LogP) is 2.22. The first-order valence-corrected chi connectivity index (χ1v) is 8.72. The molecular weight excluding hydrogens is 457 g/mol. The molecule has 8 heteroatoms. The molecule has 148 valence electrons. The largest absolute Gasteiger partial charge is 0.361 e. The molecule has 0 spiro atoms. The van der Waals surface area contributed by atoms with Crippen LogP contribution in [0, 0.1) is 13.8 Å². The minimum Gasteiger partial charge on any atom is -0.361 e. The van der Waals surface area contributed by atoms with E-state index in [1.807, 2.05) is 38.1 Å². The van der Waals surface area contributed by atoms with Crippen LogP contribution >= 0.6 is 24.0 Å². The van der Waals surface area contributed by atoms with E-state index >= 15 is 0 Å². The van der Waals surface area contributed by atoms with Crippen molar-refractivity contribution in [2.24, 2.45) is 4.99 Å². The zero-order valence-electron chi connectivity index (χ0n) is 16.3. The highest BCUT2D eigenvalue weighted by atomic mass is 127. The Hall–Kier alpha value is -2.10. The fourth-order valence-corrected chi connectivity index (χ4v) is 2.72. The molecule has 3 N–H and O–H groups in total. The summed E-state index contributed by atoms with van der Waals surface area (Å²) in [6.45, 7) is 5.35. The first-order chi connectivity index (χ1) is 12.5. The minimum atomic E-state index is -0.0726. The van der Waals surface area contributed by atoms with Crippen LogP contribution in [0.3, 0.4) is 0 Å². The summed E-state index contributed by atoms with van der Waals surface area (Å²) in [5.74, 6) is 1.54. The smallest absolute Gasteiger partial charge is 0.251 e. The average Bonchev–Trinajstić information content (AvgIpc) is 2.98. The lowest BCUT2D eigenvalue weighted by atomic mass is 10.1. The van der Waals surface area contributed by atoms with Crippen molar-refractivity contribution in [2.75, 3.05) is 27.2 Å². The maximum absolute atomic E-state index is 11.7. The van der Waals surface area contributed by atoms with Crippen LogP contribution in [-0.4, -0.2) is 44.2 Å². The maximum Gasteiger partial charge on any atom is 0.251 e. The Morgan fingerprint density at radius 3 is 2.48 bits per heavy atom. The van der Waals surface area contributed by atoms with Crippen molar-refractivity contribution in [3.05, 3.63) is 52.4 Å². The third-order valence-corrected chi connectivity index (χ3v) is 4.19. The summed E-state index contributed by atoms with van der Waals surface area (Å²) < 4.78 is 5.18. The summed E-state index contributed by atoms with van der Waals surface area (Å²) in [5.41, 5.74) is 3.85. The number of benzene rings is 1. The molecule has 0 atom stereocenters. The summed E-state index contributed by atoms with van der Waals surface area (Å²) in [5, 5.41) is 13.2. The van der Waals surface area contributed by atoms with Gasteiger partial charge in [0.15, 0.2) is 5.96 Å². The van der Waals surface area contributed by atoms with Crippen molar-refractivity contribution in [1.82, 2.24) is 21.1 Å². The Bertz CT molecular complexity index is 754. The molecule has 1 aromatic carbocycles. The Balaban J connectivity index is 0.00000364. The van der Waals surface area contributed by atoms with Gasteiger partial charge in [-0.1, -0.05) is 17.3 Å². The van der Waals surface area contributed by atoms with E-state index in [2.05, 4.69) is 26.1 Å². The van der Waals surface area contributed by atoms with Crippen LogP contribution in [0.1, 0.15) is 32.9 Å². The van der Waals surface area contributed by atoms with Crippen LogP contribution in [0.5, 0.6) is 0 Å². The molecule has 0 radical (unpaired) electrons. The number of amides is 1.